The predicted molar refractivity (Wildman–Crippen MR) is 31.8 cm³/mol. The van der Waals surface area contributed by atoms with Crippen molar-refractivity contribution in [2.75, 3.05) is 0 Å². The van der Waals surface area contributed by atoms with Crippen molar-refractivity contribution < 1.29 is 0 Å². The zero-order valence-corrected chi connectivity index (χ0v) is 4.94. The quantitative estimate of drug-likeness (QED) is 0.471. The maximum absolute atomic E-state index is 4.31. The number of nitrogens with zero attached hydrogens (tertiary/aromatic N) is 1. The smallest absolute Gasteiger partial charge is 0.0442 e. The van der Waals surface area contributed by atoms with E-state index in [9.17, 15) is 0 Å². The van der Waals surface area contributed by atoms with Gasteiger partial charge in [-0.2, -0.15) is 0 Å². The molecule has 1 aliphatic carbocycles. The summed E-state index contributed by atoms with van der Waals surface area (Å²) in [7, 11) is 0. The van der Waals surface area contributed by atoms with Crippen LogP contribution in [0.15, 0.2) is 4.99 Å². The van der Waals surface area contributed by atoms with E-state index in [1.165, 1.54) is 18.6 Å². The molecule has 40 valence electrons. The van der Waals surface area contributed by atoms with Crippen LogP contribution in [0.4, 0.5) is 0 Å². The molecule has 0 N–H and O–H groups in total. The molecule has 0 saturated heterocycles. The molecule has 0 radical (unpaired) electrons. The van der Waals surface area contributed by atoms with E-state index in [2.05, 4.69) is 18.8 Å². The van der Waals surface area contributed by atoms with Crippen LogP contribution in [-0.4, -0.2) is 11.8 Å². The van der Waals surface area contributed by atoms with Gasteiger partial charge in [0.25, 0.3) is 0 Å². The maximum atomic E-state index is 4.31. The van der Waals surface area contributed by atoms with Crippen LogP contribution in [0.1, 0.15) is 26.7 Å². The standard InChI is InChI=1S/C6H11N/c1-5(2)7-6-3-4-6/h5H,3-4H2,1-2H3. The van der Waals surface area contributed by atoms with Crippen LogP contribution in [0, 0.1) is 0 Å². The molecule has 0 heterocycles. The molecular weight excluding hydrogens is 86.1 g/mol. The molecule has 0 atom stereocenters. The minimum atomic E-state index is 0.525. The van der Waals surface area contributed by atoms with Crippen molar-refractivity contribution >= 4 is 5.71 Å². The number of hydrogen-bond donors (Lipinski definition) is 0. The topological polar surface area (TPSA) is 12.4 Å². The maximum Gasteiger partial charge on any atom is 0.0442 e. The lowest BCUT2D eigenvalue weighted by molar-refractivity contribution is 0.839. The Kier molecular flexibility index (Phi) is 1.13. The van der Waals surface area contributed by atoms with Crippen LogP contribution in [0.2, 0.25) is 0 Å². The zero-order valence-electron chi connectivity index (χ0n) is 4.94. The van der Waals surface area contributed by atoms with Crippen LogP contribution < -0.4 is 0 Å². The van der Waals surface area contributed by atoms with Gasteiger partial charge in [0.05, 0.1) is 0 Å². The summed E-state index contributed by atoms with van der Waals surface area (Å²) in [6.45, 7) is 4.23. The Hall–Kier alpha value is -0.330. The minimum absolute atomic E-state index is 0.525. The summed E-state index contributed by atoms with van der Waals surface area (Å²) in [5.74, 6) is 0. The fourth-order valence-electron chi connectivity index (χ4n) is 0.550. The van der Waals surface area contributed by atoms with Gasteiger partial charge in [0.2, 0.25) is 0 Å². The Morgan fingerprint density at radius 3 is 2.14 bits per heavy atom. The molecule has 0 amide bonds. The Labute approximate surface area is 44.5 Å². The van der Waals surface area contributed by atoms with E-state index in [0.29, 0.717) is 6.04 Å². The van der Waals surface area contributed by atoms with Crippen LogP contribution in [0.5, 0.6) is 0 Å². The lowest BCUT2D eigenvalue weighted by atomic mass is 10.4. The first kappa shape index (κ1) is 4.82. The van der Waals surface area contributed by atoms with Crippen molar-refractivity contribution in [2.24, 2.45) is 4.99 Å². The Morgan fingerprint density at radius 2 is 2.00 bits per heavy atom. The fourth-order valence-corrected chi connectivity index (χ4v) is 0.550. The van der Waals surface area contributed by atoms with Gasteiger partial charge >= 0.3 is 0 Å². The van der Waals surface area contributed by atoms with Gasteiger partial charge in [-0.05, 0) is 26.7 Å². The van der Waals surface area contributed by atoms with Gasteiger partial charge in [-0.25, -0.2) is 0 Å². The second-order valence-corrected chi connectivity index (χ2v) is 2.29. The van der Waals surface area contributed by atoms with E-state index < -0.39 is 0 Å². The molecule has 1 nitrogen and oxygen atoms in total. The Balaban J connectivity index is 2.30. The molecular formula is C6H11N. The van der Waals surface area contributed by atoms with E-state index in [-0.39, 0.29) is 0 Å². The monoisotopic (exact) mass is 97.1 g/mol. The van der Waals surface area contributed by atoms with Crippen molar-refractivity contribution in [1.82, 2.24) is 0 Å². The Morgan fingerprint density at radius 1 is 1.43 bits per heavy atom. The molecule has 0 unspecified atom stereocenters. The highest BCUT2D eigenvalue weighted by Crippen LogP contribution is 2.14. The second-order valence-electron chi connectivity index (χ2n) is 2.29. The largest absolute Gasteiger partial charge is 0.291 e. The molecule has 1 heteroatoms. The predicted octanol–water partition coefficient (Wildman–Crippen LogP) is 1.63. The molecule has 1 rings (SSSR count). The van der Waals surface area contributed by atoms with Crippen molar-refractivity contribution in [3.63, 3.8) is 0 Å². The van der Waals surface area contributed by atoms with Gasteiger partial charge < -0.3 is 0 Å². The van der Waals surface area contributed by atoms with Crippen LogP contribution in [0.25, 0.3) is 0 Å². The normalized spacial score (nSPS) is 17.9. The Bertz CT molecular complexity index is 86.4. The summed E-state index contributed by atoms with van der Waals surface area (Å²) in [5, 5.41) is 0. The summed E-state index contributed by atoms with van der Waals surface area (Å²) in [6, 6.07) is 0.525. The molecule has 1 saturated carbocycles. The summed E-state index contributed by atoms with van der Waals surface area (Å²) in [6.07, 6.45) is 2.52. The first-order valence-electron chi connectivity index (χ1n) is 2.84. The fraction of sp³-hybridized carbons (Fsp3) is 0.833. The average molecular weight is 97.2 g/mol. The number of aliphatic imine (C=N–C) groups is 1. The molecule has 0 bridgehead atoms. The third-order valence-corrected chi connectivity index (χ3v) is 0.914. The molecule has 0 aromatic heterocycles. The van der Waals surface area contributed by atoms with Crippen LogP contribution in [-0.2, 0) is 0 Å². The minimum Gasteiger partial charge on any atom is -0.291 e. The lowest BCUT2D eigenvalue weighted by Crippen LogP contribution is -1.86. The number of hydrogen-bond acceptors (Lipinski definition) is 1. The van der Waals surface area contributed by atoms with Crippen molar-refractivity contribution in [1.29, 1.82) is 0 Å². The molecule has 0 spiro atoms. The van der Waals surface area contributed by atoms with Gasteiger partial charge in [0.1, 0.15) is 0 Å². The van der Waals surface area contributed by atoms with E-state index in [1.807, 2.05) is 0 Å². The number of rotatable bonds is 1. The lowest BCUT2D eigenvalue weighted by Gasteiger charge is -1.89. The van der Waals surface area contributed by atoms with Gasteiger partial charge in [-0.3, -0.25) is 4.99 Å². The summed E-state index contributed by atoms with van der Waals surface area (Å²) >= 11 is 0. The average Bonchev–Trinajstić information content (AvgIpc) is 2.17. The van der Waals surface area contributed by atoms with Gasteiger partial charge in [-0.1, -0.05) is 0 Å². The van der Waals surface area contributed by atoms with E-state index in [4.69, 9.17) is 0 Å². The van der Waals surface area contributed by atoms with Gasteiger partial charge in [-0.15, -0.1) is 0 Å². The first-order chi connectivity index (χ1) is 3.29. The highest BCUT2D eigenvalue weighted by molar-refractivity contribution is 5.97. The van der Waals surface area contributed by atoms with Crippen molar-refractivity contribution in [3.05, 3.63) is 0 Å². The first-order valence-corrected chi connectivity index (χ1v) is 2.84. The highest BCUT2D eigenvalue weighted by atomic mass is 14.8. The highest BCUT2D eigenvalue weighted by Gasteiger charge is 2.12. The second kappa shape index (κ2) is 1.65. The molecule has 0 aromatic rings. The molecule has 1 fully saturated rings. The third-order valence-electron chi connectivity index (χ3n) is 0.914. The van der Waals surface area contributed by atoms with Crippen molar-refractivity contribution in [2.45, 2.75) is 32.7 Å². The third kappa shape index (κ3) is 1.72. The SMILES string of the molecule is CC(C)N=C1CC1. The summed E-state index contributed by atoms with van der Waals surface area (Å²) < 4.78 is 0. The molecule has 0 aromatic carbocycles. The molecule has 0 aliphatic heterocycles. The van der Waals surface area contributed by atoms with E-state index in [1.54, 1.807) is 0 Å². The van der Waals surface area contributed by atoms with E-state index in [0.717, 1.165) is 0 Å². The molecule has 7 heavy (non-hydrogen) atoms. The van der Waals surface area contributed by atoms with Crippen LogP contribution >= 0.6 is 0 Å². The zero-order chi connectivity index (χ0) is 5.28. The summed E-state index contributed by atoms with van der Waals surface area (Å²) in [5.41, 5.74) is 1.41. The van der Waals surface area contributed by atoms with Crippen LogP contribution in [0.3, 0.4) is 0 Å². The summed E-state index contributed by atoms with van der Waals surface area (Å²) in [4.78, 5) is 4.31. The van der Waals surface area contributed by atoms with Gasteiger partial charge in [0.15, 0.2) is 0 Å². The van der Waals surface area contributed by atoms with Crippen molar-refractivity contribution in [3.8, 4) is 0 Å². The molecule has 1 aliphatic rings. The van der Waals surface area contributed by atoms with E-state index >= 15 is 0 Å². The van der Waals surface area contributed by atoms with Gasteiger partial charge in [0, 0.05) is 11.8 Å².